The van der Waals surface area contributed by atoms with E-state index < -0.39 is 19.8 Å². The molecule has 25 heavy (non-hydrogen) atoms. The minimum atomic E-state index is -3.84. The third-order valence-electron chi connectivity index (χ3n) is 2.87. The topological polar surface area (TPSA) is 92.3 Å². The number of nitrogens with one attached hydrogen (secondary N) is 1. The van der Waals surface area contributed by atoms with Crippen molar-refractivity contribution in [3.63, 3.8) is 0 Å². The largest absolute Gasteiger partial charge is 0.462 e. The average Bonchev–Trinajstić information content (AvgIpc) is 2.62. The highest BCUT2D eigenvalue weighted by atomic mass is 35.5. The molecule has 0 spiro atoms. The van der Waals surface area contributed by atoms with Crippen LogP contribution in [-0.4, -0.2) is 58.5 Å². The SMILES string of the molecule is COCCOC(=O)CNP(=O)(OCC(CCl)OC)Oc1ccccc1. The van der Waals surface area contributed by atoms with Crippen LogP contribution in [0.4, 0.5) is 0 Å². The monoisotopic (exact) mass is 395 g/mol. The van der Waals surface area contributed by atoms with E-state index in [9.17, 15) is 9.36 Å². The molecule has 1 N–H and O–H groups in total. The van der Waals surface area contributed by atoms with E-state index in [-0.39, 0.29) is 32.2 Å². The fourth-order valence-corrected chi connectivity index (χ4v) is 3.04. The van der Waals surface area contributed by atoms with Gasteiger partial charge in [0.2, 0.25) is 0 Å². The van der Waals surface area contributed by atoms with Crippen molar-refractivity contribution >= 4 is 25.3 Å². The van der Waals surface area contributed by atoms with Gasteiger partial charge in [0.15, 0.2) is 0 Å². The molecule has 0 saturated heterocycles. The first-order valence-electron chi connectivity index (χ1n) is 7.50. The molecule has 0 aromatic heterocycles. The molecule has 0 aliphatic heterocycles. The molecule has 0 aliphatic rings. The number of hydrogen-bond acceptors (Lipinski definition) is 7. The molecule has 8 nitrogen and oxygen atoms in total. The van der Waals surface area contributed by atoms with Gasteiger partial charge >= 0.3 is 13.7 Å². The molecule has 0 amide bonds. The Morgan fingerprint density at radius 1 is 1.24 bits per heavy atom. The highest BCUT2D eigenvalue weighted by Gasteiger charge is 2.29. The fraction of sp³-hybridized carbons (Fsp3) is 0.533. The maximum absolute atomic E-state index is 12.9. The van der Waals surface area contributed by atoms with E-state index in [0.29, 0.717) is 5.75 Å². The van der Waals surface area contributed by atoms with Gasteiger partial charge in [-0.15, -0.1) is 11.6 Å². The van der Waals surface area contributed by atoms with E-state index in [1.165, 1.54) is 14.2 Å². The molecule has 2 atom stereocenters. The van der Waals surface area contributed by atoms with E-state index in [0.717, 1.165) is 0 Å². The van der Waals surface area contributed by atoms with E-state index >= 15 is 0 Å². The Bertz CT molecular complexity index is 542. The minimum absolute atomic E-state index is 0.0736. The second-order valence-electron chi connectivity index (χ2n) is 4.76. The Morgan fingerprint density at radius 3 is 2.56 bits per heavy atom. The normalized spacial score (nSPS) is 14.5. The lowest BCUT2D eigenvalue weighted by Gasteiger charge is -2.21. The van der Waals surface area contributed by atoms with Crippen LogP contribution < -0.4 is 9.61 Å². The van der Waals surface area contributed by atoms with Crippen molar-refractivity contribution in [1.82, 2.24) is 5.09 Å². The molecular formula is C15H23ClNO7P. The van der Waals surface area contributed by atoms with E-state index in [2.05, 4.69) is 5.09 Å². The van der Waals surface area contributed by atoms with Crippen molar-refractivity contribution in [3.8, 4) is 5.75 Å². The summed E-state index contributed by atoms with van der Waals surface area (Å²) in [5.74, 6) is -0.134. The van der Waals surface area contributed by atoms with Gasteiger partial charge in [-0.05, 0) is 12.1 Å². The third-order valence-corrected chi connectivity index (χ3v) is 4.70. The number of para-hydroxylation sites is 1. The van der Waals surface area contributed by atoms with Crippen LogP contribution in [0.5, 0.6) is 5.75 Å². The second-order valence-corrected chi connectivity index (χ2v) is 6.82. The first kappa shape index (κ1) is 21.9. The van der Waals surface area contributed by atoms with Crippen molar-refractivity contribution in [2.24, 2.45) is 0 Å². The predicted octanol–water partition coefficient (Wildman–Crippen LogP) is 2.22. The Balaban J connectivity index is 2.66. The quantitative estimate of drug-likeness (QED) is 0.235. The molecule has 0 radical (unpaired) electrons. The van der Waals surface area contributed by atoms with Crippen molar-refractivity contribution in [1.29, 1.82) is 0 Å². The number of hydrogen-bond donors (Lipinski definition) is 1. The van der Waals surface area contributed by atoms with Crippen LogP contribution in [0.15, 0.2) is 30.3 Å². The predicted molar refractivity (Wildman–Crippen MR) is 93.0 cm³/mol. The Kier molecular flexibility index (Phi) is 10.7. The molecule has 1 aromatic carbocycles. The first-order chi connectivity index (χ1) is 12.0. The molecule has 0 fully saturated rings. The van der Waals surface area contributed by atoms with Crippen molar-refractivity contribution < 1.29 is 32.6 Å². The number of methoxy groups -OCH3 is 2. The molecule has 0 heterocycles. The summed E-state index contributed by atoms with van der Waals surface area (Å²) in [6.07, 6.45) is -0.468. The summed E-state index contributed by atoms with van der Waals surface area (Å²) in [6.45, 7) is -0.0620. The fourth-order valence-electron chi connectivity index (χ4n) is 1.53. The molecule has 2 unspecified atom stereocenters. The molecule has 0 aliphatic carbocycles. The van der Waals surface area contributed by atoms with Crippen LogP contribution in [0.3, 0.4) is 0 Å². The highest BCUT2D eigenvalue weighted by Crippen LogP contribution is 2.44. The van der Waals surface area contributed by atoms with Crippen LogP contribution >= 0.6 is 19.3 Å². The summed E-state index contributed by atoms with van der Waals surface area (Å²) in [6, 6.07) is 8.45. The molecule has 10 heteroatoms. The average molecular weight is 396 g/mol. The zero-order valence-electron chi connectivity index (χ0n) is 14.2. The molecule has 1 aromatic rings. The van der Waals surface area contributed by atoms with Gasteiger partial charge in [-0.25, -0.2) is 9.65 Å². The summed E-state index contributed by atoms with van der Waals surface area (Å²) < 4.78 is 38.3. The molecule has 1 rings (SSSR count). The van der Waals surface area contributed by atoms with Crippen LogP contribution in [0, 0.1) is 0 Å². The number of carbonyl (C=O) groups is 1. The third kappa shape index (κ3) is 9.21. The van der Waals surface area contributed by atoms with Gasteiger partial charge in [0.1, 0.15) is 18.9 Å². The Labute approximate surface area is 152 Å². The zero-order chi connectivity index (χ0) is 18.5. The number of halogens is 1. The van der Waals surface area contributed by atoms with Crippen LogP contribution in [0.25, 0.3) is 0 Å². The van der Waals surface area contributed by atoms with E-state index in [1.807, 2.05) is 0 Å². The van der Waals surface area contributed by atoms with Crippen LogP contribution in [0.2, 0.25) is 0 Å². The van der Waals surface area contributed by atoms with Crippen molar-refractivity contribution in [2.75, 3.05) is 46.5 Å². The lowest BCUT2D eigenvalue weighted by molar-refractivity contribution is -0.143. The molecule has 0 bridgehead atoms. The molecule has 142 valence electrons. The number of esters is 1. The molecule has 0 saturated carbocycles. The number of ether oxygens (including phenoxy) is 3. The smallest absolute Gasteiger partial charge is 0.459 e. The second kappa shape index (κ2) is 12.2. The Morgan fingerprint density at radius 2 is 1.96 bits per heavy atom. The van der Waals surface area contributed by atoms with Gasteiger partial charge in [0.05, 0.1) is 25.2 Å². The minimum Gasteiger partial charge on any atom is -0.462 e. The van der Waals surface area contributed by atoms with E-state index in [4.69, 9.17) is 34.9 Å². The number of alkyl halides is 1. The Hall–Kier alpha value is -1.15. The van der Waals surface area contributed by atoms with Gasteiger partial charge in [-0.1, -0.05) is 18.2 Å². The summed E-state index contributed by atoms with van der Waals surface area (Å²) in [4.78, 5) is 11.6. The van der Waals surface area contributed by atoms with Crippen LogP contribution in [0.1, 0.15) is 0 Å². The zero-order valence-corrected chi connectivity index (χ0v) is 15.8. The van der Waals surface area contributed by atoms with Gasteiger partial charge < -0.3 is 18.7 Å². The maximum Gasteiger partial charge on any atom is 0.459 e. The summed E-state index contributed by atoms with van der Waals surface area (Å²) >= 11 is 5.71. The maximum atomic E-state index is 12.9. The van der Waals surface area contributed by atoms with Crippen LogP contribution in [-0.2, 0) is 28.1 Å². The summed E-state index contributed by atoms with van der Waals surface area (Å²) in [5, 5.41) is 2.47. The highest BCUT2D eigenvalue weighted by molar-refractivity contribution is 7.52. The molecular weight excluding hydrogens is 373 g/mol. The summed E-state index contributed by atoms with van der Waals surface area (Å²) in [7, 11) is -0.886. The number of benzene rings is 1. The first-order valence-corrected chi connectivity index (χ1v) is 9.58. The van der Waals surface area contributed by atoms with Gasteiger partial charge in [-0.3, -0.25) is 9.32 Å². The summed E-state index contributed by atoms with van der Waals surface area (Å²) in [5.41, 5.74) is 0. The van der Waals surface area contributed by atoms with Gasteiger partial charge in [0.25, 0.3) is 0 Å². The van der Waals surface area contributed by atoms with Gasteiger partial charge in [-0.2, -0.15) is 0 Å². The standard InChI is InChI=1S/C15H23ClNO7P/c1-20-8-9-22-15(18)11-17-25(19,23-12-14(10-16)21-2)24-13-6-4-3-5-7-13/h3-7,14H,8-12H2,1-2H3,(H,17,19). The number of rotatable bonds is 13. The number of carbonyl (C=O) groups excluding carboxylic acids is 1. The van der Waals surface area contributed by atoms with Crippen molar-refractivity contribution in [3.05, 3.63) is 30.3 Å². The lowest BCUT2D eigenvalue weighted by atomic mass is 10.3. The van der Waals surface area contributed by atoms with E-state index in [1.54, 1.807) is 30.3 Å². The van der Waals surface area contributed by atoms with Gasteiger partial charge in [0, 0.05) is 14.2 Å². The lowest BCUT2D eigenvalue weighted by Crippen LogP contribution is -2.28. The van der Waals surface area contributed by atoms with Crippen molar-refractivity contribution in [2.45, 2.75) is 6.10 Å².